The molecule has 0 radical (unpaired) electrons. The predicted octanol–water partition coefficient (Wildman–Crippen LogP) is -0.228. The second-order valence-corrected chi connectivity index (χ2v) is 2.90. The molecule has 0 bridgehead atoms. The monoisotopic (exact) mass is 154 g/mol. The summed E-state index contributed by atoms with van der Waals surface area (Å²) in [7, 11) is 1.83. The summed E-state index contributed by atoms with van der Waals surface area (Å²) in [5.74, 6) is -1.69. The summed E-state index contributed by atoms with van der Waals surface area (Å²) in [5, 5.41) is 17.2. The number of aliphatic carboxylic acids is 1. The third-order valence-electron chi connectivity index (χ3n) is 1.99. The molecule has 1 rings (SSSR count). The number of rotatable bonds is 1. The molecule has 1 heterocycles. The van der Waals surface area contributed by atoms with E-state index in [4.69, 9.17) is 10.4 Å². The molecule has 0 aromatic rings. The summed E-state index contributed by atoms with van der Waals surface area (Å²) >= 11 is 0. The first-order valence-electron chi connectivity index (χ1n) is 3.46. The molecule has 0 spiro atoms. The normalized spacial score (nSPS) is 31.6. The van der Waals surface area contributed by atoms with Crippen molar-refractivity contribution in [1.29, 1.82) is 5.26 Å². The van der Waals surface area contributed by atoms with E-state index < -0.39 is 11.9 Å². The topological polar surface area (TPSA) is 64.3 Å². The lowest BCUT2D eigenvalue weighted by Crippen LogP contribution is -2.21. The van der Waals surface area contributed by atoms with Gasteiger partial charge in [0.2, 0.25) is 0 Å². The second-order valence-electron chi connectivity index (χ2n) is 2.90. The minimum atomic E-state index is -0.860. The van der Waals surface area contributed by atoms with Crippen molar-refractivity contribution in [2.24, 2.45) is 11.8 Å². The maximum atomic E-state index is 10.5. The lowest BCUT2D eigenvalue weighted by Gasteiger charge is -2.04. The molecule has 1 saturated heterocycles. The minimum absolute atomic E-state index is 0.336. The first-order chi connectivity index (χ1) is 5.15. The molecule has 0 aromatic carbocycles. The summed E-state index contributed by atoms with van der Waals surface area (Å²) in [6, 6.07) is 2.00. The molecule has 11 heavy (non-hydrogen) atoms. The van der Waals surface area contributed by atoms with Crippen molar-refractivity contribution in [3.05, 3.63) is 0 Å². The Labute approximate surface area is 65.0 Å². The van der Waals surface area contributed by atoms with Gasteiger partial charge in [-0.05, 0) is 7.05 Å². The van der Waals surface area contributed by atoms with Crippen molar-refractivity contribution in [3.8, 4) is 6.07 Å². The maximum absolute atomic E-state index is 10.5. The smallest absolute Gasteiger partial charge is 0.309 e. The third kappa shape index (κ3) is 1.49. The number of hydrogen-bond donors (Lipinski definition) is 1. The molecule has 0 unspecified atom stereocenters. The third-order valence-corrected chi connectivity index (χ3v) is 1.99. The van der Waals surface area contributed by atoms with Crippen LogP contribution < -0.4 is 0 Å². The van der Waals surface area contributed by atoms with E-state index in [1.165, 1.54) is 0 Å². The van der Waals surface area contributed by atoms with Crippen LogP contribution in [0.4, 0.5) is 0 Å². The Morgan fingerprint density at radius 3 is 2.73 bits per heavy atom. The molecule has 1 N–H and O–H groups in total. The van der Waals surface area contributed by atoms with Crippen LogP contribution in [0.2, 0.25) is 0 Å². The van der Waals surface area contributed by atoms with E-state index in [1.54, 1.807) is 0 Å². The highest BCUT2D eigenvalue weighted by Gasteiger charge is 2.35. The van der Waals surface area contributed by atoms with E-state index in [0.717, 1.165) is 0 Å². The van der Waals surface area contributed by atoms with Gasteiger partial charge in [-0.25, -0.2) is 0 Å². The number of carbonyl (C=O) groups is 1. The summed E-state index contributed by atoms with van der Waals surface area (Å²) in [5.41, 5.74) is 0. The number of nitrogens with zero attached hydrogens (tertiary/aromatic N) is 2. The van der Waals surface area contributed by atoms with Gasteiger partial charge in [0.15, 0.2) is 0 Å². The Bertz CT molecular complexity index is 209. The van der Waals surface area contributed by atoms with Crippen molar-refractivity contribution < 1.29 is 9.90 Å². The van der Waals surface area contributed by atoms with E-state index in [0.29, 0.717) is 13.1 Å². The quantitative estimate of drug-likeness (QED) is 0.566. The lowest BCUT2D eigenvalue weighted by atomic mass is 9.98. The minimum Gasteiger partial charge on any atom is -0.481 e. The number of nitriles is 1. The van der Waals surface area contributed by atoms with E-state index >= 15 is 0 Å². The zero-order chi connectivity index (χ0) is 8.43. The van der Waals surface area contributed by atoms with Gasteiger partial charge in [0.1, 0.15) is 0 Å². The molecule has 60 valence electrons. The fourth-order valence-electron chi connectivity index (χ4n) is 1.38. The van der Waals surface area contributed by atoms with Gasteiger partial charge >= 0.3 is 5.97 Å². The summed E-state index contributed by atoms with van der Waals surface area (Å²) in [6.07, 6.45) is 0. The molecule has 2 atom stereocenters. The molecule has 0 saturated carbocycles. The van der Waals surface area contributed by atoms with Gasteiger partial charge in [-0.2, -0.15) is 5.26 Å². The van der Waals surface area contributed by atoms with Crippen molar-refractivity contribution in [3.63, 3.8) is 0 Å². The molecule has 1 aliphatic rings. The first-order valence-corrected chi connectivity index (χ1v) is 3.46. The predicted molar refractivity (Wildman–Crippen MR) is 37.7 cm³/mol. The average molecular weight is 154 g/mol. The molecular formula is C7H10N2O2. The zero-order valence-corrected chi connectivity index (χ0v) is 6.32. The summed E-state index contributed by atoms with van der Waals surface area (Å²) in [4.78, 5) is 12.4. The van der Waals surface area contributed by atoms with E-state index in [-0.39, 0.29) is 5.92 Å². The van der Waals surface area contributed by atoms with Crippen LogP contribution in [0.5, 0.6) is 0 Å². The van der Waals surface area contributed by atoms with Gasteiger partial charge in [-0.15, -0.1) is 0 Å². The number of carboxylic acid groups (broad SMARTS) is 1. The molecule has 1 aliphatic heterocycles. The van der Waals surface area contributed by atoms with Crippen LogP contribution in [-0.2, 0) is 4.79 Å². The highest BCUT2D eigenvalue weighted by atomic mass is 16.4. The first kappa shape index (κ1) is 8.02. The Kier molecular flexibility index (Phi) is 2.11. The summed E-state index contributed by atoms with van der Waals surface area (Å²) < 4.78 is 0. The average Bonchev–Trinajstić information content (AvgIpc) is 2.30. The van der Waals surface area contributed by atoms with Gasteiger partial charge < -0.3 is 10.0 Å². The van der Waals surface area contributed by atoms with Crippen LogP contribution in [-0.4, -0.2) is 36.1 Å². The fraction of sp³-hybridized carbons (Fsp3) is 0.714. The highest BCUT2D eigenvalue weighted by molar-refractivity contribution is 5.71. The standard InChI is InChI=1S/C7H10N2O2/c1-9-3-5(2-8)6(4-9)7(10)11/h5-6H,3-4H2,1H3,(H,10,11)/t5-,6+/m0/s1. The Morgan fingerprint density at radius 2 is 2.36 bits per heavy atom. The maximum Gasteiger partial charge on any atom is 0.309 e. The zero-order valence-electron chi connectivity index (χ0n) is 6.32. The van der Waals surface area contributed by atoms with Crippen LogP contribution in [0, 0.1) is 23.2 Å². The summed E-state index contributed by atoms with van der Waals surface area (Å²) in [6.45, 7) is 1.07. The van der Waals surface area contributed by atoms with Gasteiger partial charge in [-0.3, -0.25) is 4.79 Å². The van der Waals surface area contributed by atoms with Gasteiger partial charge in [0.25, 0.3) is 0 Å². The lowest BCUT2D eigenvalue weighted by molar-refractivity contribution is -0.141. The molecule has 4 heteroatoms. The van der Waals surface area contributed by atoms with Crippen molar-refractivity contribution >= 4 is 5.97 Å². The molecule has 0 aliphatic carbocycles. The van der Waals surface area contributed by atoms with Crippen LogP contribution >= 0.6 is 0 Å². The van der Waals surface area contributed by atoms with Gasteiger partial charge in [-0.1, -0.05) is 0 Å². The van der Waals surface area contributed by atoms with Gasteiger partial charge in [0.05, 0.1) is 17.9 Å². The number of carboxylic acids is 1. The van der Waals surface area contributed by atoms with Crippen molar-refractivity contribution in [1.82, 2.24) is 4.90 Å². The van der Waals surface area contributed by atoms with E-state index in [9.17, 15) is 4.79 Å². The van der Waals surface area contributed by atoms with Crippen LogP contribution in [0.1, 0.15) is 0 Å². The van der Waals surface area contributed by atoms with Crippen molar-refractivity contribution in [2.75, 3.05) is 20.1 Å². The Balaban J connectivity index is 2.67. The van der Waals surface area contributed by atoms with Gasteiger partial charge in [0, 0.05) is 13.1 Å². The van der Waals surface area contributed by atoms with Crippen LogP contribution in [0.25, 0.3) is 0 Å². The molecule has 4 nitrogen and oxygen atoms in total. The highest BCUT2D eigenvalue weighted by Crippen LogP contribution is 2.21. The molecule has 1 fully saturated rings. The SMILES string of the molecule is CN1C[C@H](C#N)[C@H](C(=O)O)C1. The number of likely N-dealkylation sites (tertiary alicyclic amines) is 1. The molecular weight excluding hydrogens is 144 g/mol. The van der Waals surface area contributed by atoms with Crippen LogP contribution in [0.15, 0.2) is 0 Å². The molecule has 0 aromatic heterocycles. The molecule has 0 amide bonds. The van der Waals surface area contributed by atoms with E-state index in [2.05, 4.69) is 0 Å². The van der Waals surface area contributed by atoms with E-state index in [1.807, 2.05) is 18.0 Å². The second kappa shape index (κ2) is 2.89. The fourth-order valence-corrected chi connectivity index (χ4v) is 1.38. The Hall–Kier alpha value is -1.08. The van der Waals surface area contributed by atoms with Crippen LogP contribution in [0.3, 0.4) is 0 Å². The Morgan fingerprint density at radius 1 is 1.73 bits per heavy atom. The van der Waals surface area contributed by atoms with Crippen molar-refractivity contribution in [2.45, 2.75) is 0 Å². The largest absolute Gasteiger partial charge is 0.481 e. The number of hydrogen-bond acceptors (Lipinski definition) is 3.